The number of hydrogen-bond acceptors (Lipinski definition) is 4. The molecule has 1 aromatic carbocycles. The molecule has 2 aliphatic rings. The van der Waals surface area contributed by atoms with E-state index in [-0.39, 0.29) is 35.1 Å². The highest BCUT2D eigenvalue weighted by Gasteiger charge is 2.52. The average Bonchev–Trinajstić information content (AvgIpc) is 3.09. The number of sulfonamides is 1. The predicted molar refractivity (Wildman–Crippen MR) is 92.3 cm³/mol. The largest absolute Gasteiger partial charge is 0.481 e. The van der Waals surface area contributed by atoms with Crippen LogP contribution in [0, 0.1) is 17.8 Å². The fraction of sp³-hybridized carbons (Fsp3) is 0.500. The second-order valence-corrected chi connectivity index (χ2v) is 8.61. The van der Waals surface area contributed by atoms with Crippen LogP contribution in [0.3, 0.4) is 0 Å². The van der Waals surface area contributed by atoms with Crippen molar-refractivity contribution in [3.05, 3.63) is 42.5 Å². The van der Waals surface area contributed by atoms with Gasteiger partial charge in [-0.05, 0) is 49.1 Å². The van der Waals surface area contributed by atoms with Gasteiger partial charge >= 0.3 is 5.97 Å². The number of carboxylic acid groups (broad SMARTS) is 1. The Bertz CT molecular complexity index is 746. The Balaban J connectivity index is 1.74. The van der Waals surface area contributed by atoms with E-state index in [2.05, 4.69) is 4.72 Å². The normalized spacial score (nSPS) is 31.6. The zero-order chi connectivity index (χ0) is 18.0. The molecular formula is C18H23NO5S. The highest BCUT2D eigenvalue weighted by molar-refractivity contribution is 7.89. The first-order valence-electron chi connectivity index (χ1n) is 8.50. The minimum atomic E-state index is -3.61. The molecule has 0 aromatic heterocycles. The molecule has 5 unspecified atom stereocenters. The quantitative estimate of drug-likeness (QED) is 0.639. The van der Waals surface area contributed by atoms with Gasteiger partial charge in [-0.15, -0.1) is 0 Å². The lowest BCUT2D eigenvalue weighted by Crippen LogP contribution is -2.46. The van der Waals surface area contributed by atoms with Gasteiger partial charge in [-0.3, -0.25) is 4.79 Å². The number of aliphatic carboxylic acids is 1. The third-order valence-corrected chi connectivity index (χ3v) is 6.82. The summed E-state index contributed by atoms with van der Waals surface area (Å²) in [7, 11) is -3.61. The second kappa shape index (κ2) is 7.27. The molecule has 3 N–H and O–H groups in total. The standard InChI is InChI=1S/C18H23NO5S/c20-16-11-12-10-15(16)14(8-4-5-9-17(21)22)18(12)19-25(23,24)13-6-2-1-3-7-13/h1-7,12,14-16,18-20H,8-11H2,(H,21,22)/b5-4-. The highest BCUT2D eigenvalue weighted by atomic mass is 32.2. The van der Waals surface area contributed by atoms with Crippen molar-refractivity contribution in [3.63, 3.8) is 0 Å². The molecular weight excluding hydrogens is 342 g/mol. The van der Waals surface area contributed by atoms with Crippen molar-refractivity contribution < 1.29 is 23.4 Å². The molecule has 7 heteroatoms. The topological polar surface area (TPSA) is 104 Å². The fourth-order valence-corrected chi connectivity index (χ4v) is 5.62. The van der Waals surface area contributed by atoms with Crippen molar-refractivity contribution in [1.29, 1.82) is 0 Å². The number of nitrogens with one attached hydrogen (secondary N) is 1. The Kier molecular flexibility index (Phi) is 5.27. The van der Waals surface area contributed by atoms with Crippen LogP contribution in [0.15, 0.2) is 47.4 Å². The summed E-state index contributed by atoms with van der Waals surface area (Å²) < 4.78 is 28.1. The van der Waals surface area contributed by atoms with E-state index in [0.29, 0.717) is 12.8 Å². The number of aliphatic hydroxyl groups is 1. The SMILES string of the molecule is O=C(O)C/C=C\CC1C2CC(CC2O)C1NS(=O)(=O)c1ccccc1. The van der Waals surface area contributed by atoms with Crippen LogP contribution in [-0.2, 0) is 14.8 Å². The Hall–Kier alpha value is -1.70. The van der Waals surface area contributed by atoms with Gasteiger partial charge in [-0.25, -0.2) is 13.1 Å². The minimum absolute atomic E-state index is 0.0164. The Morgan fingerprint density at radius 1 is 1.20 bits per heavy atom. The first-order chi connectivity index (χ1) is 11.9. The number of aliphatic hydroxyl groups excluding tert-OH is 1. The third-order valence-electron chi connectivity index (χ3n) is 5.34. The van der Waals surface area contributed by atoms with Gasteiger partial charge in [0.15, 0.2) is 0 Å². The van der Waals surface area contributed by atoms with Crippen LogP contribution >= 0.6 is 0 Å². The van der Waals surface area contributed by atoms with Gasteiger partial charge in [0.05, 0.1) is 17.4 Å². The number of allylic oxidation sites excluding steroid dienone is 1. The van der Waals surface area contributed by atoms with Gasteiger partial charge in [-0.1, -0.05) is 30.4 Å². The fourth-order valence-electron chi connectivity index (χ4n) is 4.25. The summed E-state index contributed by atoms with van der Waals surface area (Å²) in [6.07, 6.45) is 4.90. The molecule has 0 spiro atoms. The maximum Gasteiger partial charge on any atom is 0.307 e. The molecule has 136 valence electrons. The van der Waals surface area contributed by atoms with E-state index in [0.717, 1.165) is 6.42 Å². The second-order valence-electron chi connectivity index (χ2n) is 6.89. The molecule has 0 radical (unpaired) electrons. The van der Waals surface area contributed by atoms with Gasteiger partial charge in [0.1, 0.15) is 0 Å². The van der Waals surface area contributed by atoms with Crippen molar-refractivity contribution in [2.45, 2.75) is 42.7 Å². The Labute approximate surface area is 147 Å². The Morgan fingerprint density at radius 3 is 2.60 bits per heavy atom. The van der Waals surface area contributed by atoms with E-state index in [1.165, 1.54) is 0 Å². The van der Waals surface area contributed by atoms with Crippen LogP contribution in [-0.4, -0.2) is 36.7 Å². The van der Waals surface area contributed by atoms with E-state index in [1.807, 2.05) is 0 Å². The number of benzene rings is 1. The van der Waals surface area contributed by atoms with Crippen molar-refractivity contribution >= 4 is 16.0 Å². The molecule has 0 aliphatic heterocycles. The number of fused-ring (bicyclic) bond motifs is 2. The average molecular weight is 365 g/mol. The van der Waals surface area contributed by atoms with Gasteiger partial charge in [0, 0.05) is 6.04 Å². The van der Waals surface area contributed by atoms with Crippen LogP contribution in [0.25, 0.3) is 0 Å². The van der Waals surface area contributed by atoms with E-state index < -0.39 is 22.1 Å². The summed E-state index contributed by atoms with van der Waals surface area (Å²) in [6, 6.07) is 8.03. The first-order valence-corrected chi connectivity index (χ1v) is 9.99. The molecule has 0 saturated heterocycles. The van der Waals surface area contributed by atoms with E-state index in [4.69, 9.17) is 5.11 Å². The van der Waals surface area contributed by atoms with Crippen molar-refractivity contribution in [2.24, 2.45) is 17.8 Å². The van der Waals surface area contributed by atoms with Crippen molar-refractivity contribution in [2.75, 3.05) is 0 Å². The smallest absolute Gasteiger partial charge is 0.307 e. The van der Waals surface area contributed by atoms with E-state index in [1.54, 1.807) is 42.5 Å². The summed E-state index contributed by atoms with van der Waals surface area (Å²) >= 11 is 0. The molecule has 0 amide bonds. The molecule has 6 nitrogen and oxygen atoms in total. The lowest BCUT2D eigenvalue weighted by Gasteiger charge is -2.33. The Morgan fingerprint density at radius 2 is 1.92 bits per heavy atom. The number of hydrogen-bond donors (Lipinski definition) is 3. The van der Waals surface area contributed by atoms with E-state index in [9.17, 15) is 18.3 Å². The summed E-state index contributed by atoms with van der Waals surface area (Å²) in [5.41, 5.74) is 0. The molecule has 25 heavy (non-hydrogen) atoms. The number of rotatable bonds is 7. The summed E-state index contributed by atoms with van der Waals surface area (Å²) in [5.74, 6) is -0.734. The lowest BCUT2D eigenvalue weighted by molar-refractivity contribution is -0.136. The summed E-state index contributed by atoms with van der Waals surface area (Å²) in [6.45, 7) is 0. The molecule has 2 saturated carbocycles. The molecule has 1 aromatic rings. The maximum atomic E-state index is 12.6. The van der Waals surface area contributed by atoms with Crippen LogP contribution < -0.4 is 4.72 Å². The van der Waals surface area contributed by atoms with Crippen molar-refractivity contribution in [3.8, 4) is 0 Å². The molecule has 0 heterocycles. The van der Waals surface area contributed by atoms with Crippen molar-refractivity contribution in [1.82, 2.24) is 4.72 Å². The number of carbonyl (C=O) groups is 1. The monoisotopic (exact) mass is 365 g/mol. The van der Waals surface area contributed by atoms with Crippen LogP contribution in [0.5, 0.6) is 0 Å². The maximum absolute atomic E-state index is 12.6. The molecule has 3 rings (SSSR count). The predicted octanol–water partition coefficient (Wildman–Crippen LogP) is 1.77. The van der Waals surface area contributed by atoms with Gasteiger partial charge in [0.25, 0.3) is 0 Å². The van der Waals surface area contributed by atoms with Crippen LogP contribution in [0.2, 0.25) is 0 Å². The summed E-state index contributed by atoms with van der Waals surface area (Å²) in [5, 5.41) is 18.9. The van der Waals surface area contributed by atoms with Crippen LogP contribution in [0.4, 0.5) is 0 Å². The summed E-state index contributed by atoms with van der Waals surface area (Å²) in [4.78, 5) is 10.8. The zero-order valence-electron chi connectivity index (χ0n) is 13.8. The van der Waals surface area contributed by atoms with Gasteiger partial charge < -0.3 is 10.2 Å². The lowest BCUT2D eigenvalue weighted by atomic mass is 9.81. The number of carboxylic acids is 1. The van der Waals surface area contributed by atoms with Crippen LogP contribution in [0.1, 0.15) is 25.7 Å². The first kappa shape index (κ1) is 18.1. The third kappa shape index (κ3) is 3.94. The van der Waals surface area contributed by atoms with E-state index >= 15 is 0 Å². The van der Waals surface area contributed by atoms with Gasteiger partial charge in [0.2, 0.25) is 10.0 Å². The van der Waals surface area contributed by atoms with Gasteiger partial charge in [-0.2, -0.15) is 0 Å². The molecule has 2 bridgehead atoms. The molecule has 2 fully saturated rings. The molecule has 5 atom stereocenters. The molecule has 2 aliphatic carbocycles. The minimum Gasteiger partial charge on any atom is -0.481 e. The highest BCUT2D eigenvalue weighted by Crippen LogP contribution is 2.50. The zero-order valence-corrected chi connectivity index (χ0v) is 14.6.